The van der Waals surface area contributed by atoms with E-state index in [1.807, 2.05) is 12.1 Å². The van der Waals surface area contributed by atoms with Crippen LogP contribution in [0.15, 0.2) is 28.7 Å². The molecule has 3 N–H and O–H groups in total. The molecule has 0 fully saturated rings. The molecule has 1 aromatic heterocycles. The van der Waals surface area contributed by atoms with Crippen molar-refractivity contribution in [3.05, 3.63) is 40.3 Å². The molecule has 0 spiro atoms. The highest BCUT2D eigenvalue weighted by Crippen LogP contribution is 2.23. The molecule has 2 rings (SSSR count). The number of nitrogens with two attached hydrogens (primary N) is 1. The van der Waals surface area contributed by atoms with E-state index in [9.17, 15) is 0 Å². The molecular weight excluding hydrogens is 290 g/mol. The van der Waals surface area contributed by atoms with Gasteiger partial charge in [-0.25, -0.2) is 4.98 Å². The van der Waals surface area contributed by atoms with Crippen molar-refractivity contribution in [1.29, 1.82) is 0 Å². The van der Waals surface area contributed by atoms with Crippen molar-refractivity contribution in [2.75, 3.05) is 6.54 Å². The SMILES string of the molecule is Cc1[nH]c(CCCCN)nc1-c1ccc(Br)cc1. The highest BCUT2D eigenvalue weighted by Gasteiger charge is 2.08. The number of hydrogen-bond acceptors (Lipinski definition) is 2. The average molecular weight is 308 g/mol. The molecule has 1 aromatic carbocycles. The number of unbranched alkanes of at least 4 members (excludes halogenated alkanes) is 1. The van der Waals surface area contributed by atoms with Crippen molar-refractivity contribution in [3.8, 4) is 11.3 Å². The molecule has 18 heavy (non-hydrogen) atoms. The number of H-pyrrole nitrogens is 1. The Morgan fingerprint density at radius 1 is 1.22 bits per heavy atom. The van der Waals surface area contributed by atoms with Crippen LogP contribution in [0.2, 0.25) is 0 Å². The zero-order valence-corrected chi connectivity index (χ0v) is 12.1. The van der Waals surface area contributed by atoms with E-state index < -0.39 is 0 Å². The van der Waals surface area contributed by atoms with Crippen molar-refractivity contribution >= 4 is 15.9 Å². The van der Waals surface area contributed by atoms with Crippen LogP contribution in [0.5, 0.6) is 0 Å². The van der Waals surface area contributed by atoms with E-state index in [2.05, 4.69) is 45.0 Å². The summed E-state index contributed by atoms with van der Waals surface area (Å²) >= 11 is 3.44. The first-order chi connectivity index (χ1) is 8.70. The maximum atomic E-state index is 5.50. The maximum Gasteiger partial charge on any atom is 0.106 e. The van der Waals surface area contributed by atoms with Gasteiger partial charge in [0.25, 0.3) is 0 Å². The Hall–Kier alpha value is -1.13. The zero-order chi connectivity index (χ0) is 13.0. The summed E-state index contributed by atoms with van der Waals surface area (Å²) in [5.41, 5.74) is 8.82. The first kappa shape index (κ1) is 13.3. The Kier molecular flexibility index (Phi) is 4.55. The van der Waals surface area contributed by atoms with Gasteiger partial charge in [-0.3, -0.25) is 0 Å². The maximum absolute atomic E-state index is 5.50. The van der Waals surface area contributed by atoms with Crippen molar-refractivity contribution in [1.82, 2.24) is 9.97 Å². The van der Waals surface area contributed by atoms with Crippen molar-refractivity contribution in [3.63, 3.8) is 0 Å². The van der Waals surface area contributed by atoms with Gasteiger partial charge < -0.3 is 10.7 Å². The summed E-state index contributed by atoms with van der Waals surface area (Å²) in [5.74, 6) is 1.05. The highest BCUT2D eigenvalue weighted by atomic mass is 79.9. The lowest BCUT2D eigenvalue weighted by atomic mass is 10.1. The van der Waals surface area contributed by atoms with Gasteiger partial charge in [0.1, 0.15) is 5.82 Å². The quantitative estimate of drug-likeness (QED) is 0.832. The Labute approximate surface area is 116 Å². The van der Waals surface area contributed by atoms with Crippen LogP contribution in [0.4, 0.5) is 0 Å². The molecule has 0 aliphatic rings. The summed E-state index contributed by atoms with van der Waals surface area (Å²) in [5, 5.41) is 0. The van der Waals surface area contributed by atoms with Gasteiger partial charge in [-0.15, -0.1) is 0 Å². The first-order valence-corrected chi connectivity index (χ1v) is 7.01. The van der Waals surface area contributed by atoms with Gasteiger partial charge in [-0.2, -0.15) is 0 Å². The summed E-state index contributed by atoms with van der Waals surface area (Å²) in [4.78, 5) is 8.02. The minimum absolute atomic E-state index is 0.749. The standard InChI is InChI=1S/C14H18BrN3/c1-10-14(11-5-7-12(15)8-6-11)18-13(17-10)4-2-3-9-16/h5-8H,2-4,9,16H2,1H3,(H,17,18). The third-order valence-electron chi connectivity index (χ3n) is 2.92. The van der Waals surface area contributed by atoms with E-state index in [-0.39, 0.29) is 0 Å². The molecule has 0 saturated carbocycles. The van der Waals surface area contributed by atoms with Gasteiger partial charge >= 0.3 is 0 Å². The Balaban J connectivity index is 2.16. The predicted octanol–water partition coefficient (Wildman–Crippen LogP) is 3.43. The zero-order valence-electron chi connectivity index (χ0n) is 10.5. The van der Waals surface area contributed by atoms with Crippen LogP contribution in [-0.4, -0.2) is 16.5 Å². The van der Waals surface area contributed by atoms with Gasteiger partial charge in [-0.05, 0) is 38.4 Å². The van der Waals surface area contributed by atoms with Crippen LogP contribution in [0.1, 0.15) is 24.4 Å². The van der Waals surface area contributed by atoms with Gasteiger partial charge in [0, 0.05) is 22.2 Å². The van der Waals surface area contributed by atoms with Crippen molar-refractivity contribution in [2.45, 2.75) is 26.2 Å². The van der Waals surface area contributed by atoms with E-state index >= 15 is 0 Å². The molecule has 0 bridgehead atoms. The highest BCUT2D eigenvalue weighted by molar-refractivity contribution is 9.10. The number of aromatic nitrogens is 2. The number of rotatable bonds is 5. The molecule has 2 aromatic rings. The van der Waals surface area contributed by atoms with Crippen LogP contribution >= 0.6 is 15.9 Å². The van der Waals surface area contributed by atoms with Crippen LogP contribution in [0.25, 0.3) is 11.3 Å². The lowest BCUT2D eigenvalue weighted by Crippen LogP contribution is -1.99. The largest absolute Gasteiger partial charge is 0.346 e. The number of benzene rings is 1. The fourth-order valence-corrected chi connectivity index (χ4v) is 2.23. The lowest BCUT2D eigenvalue weighted by Gasteiger charge is -1.98. The average Bonchev–Trinajstić information content (AvgIpc) is 2.72. The van der Waals surface area contributed by atoms with Crippen LogP contribution < -0.4 is 5.73 Å². The van der Waals surface area contributed by atoms with Crippen LogP contribution in [0, 0.1) is 6.92 Å². The molecular formula is C14H18BrN3. The Bertz CT molecular complexity index is 502. The summed E-state index contributed by atoms with van der Waals surface area (Å²) < 4.78 is 1.09. The van der Waals surface area contributed by atoms with Gasteiger partial charge in [-0.1, -0.05) is 28.1 Å². The lowest BCUT2D eigenvalue weighted by molar-refractivity contribution is 0.722. The summed E-state index contributed by atoms with van der Waals surface area (Å²) in [7, 11) is 0. The molecule has 96 valence electrons. The predicted molar refractivity (Wildman–Crippen MR) is 78.5 cm³/mol. The topological polar surface area (TPSA) is 54.7 Å². The number of hydrogen-bond donors (Lipinski definition) is 2. The first-order valence-electron chi connectivity index (χ1n) is 6.22. The molecule has 0 saturated heterocycles. The third-order valence-corrected chi connectivity index (χ3v) is 3.45. The second-order valence-electron chi connectivity index (χ2n) is 4.41. The molecule has 4 heteroatoms. The van der Waals surface area contributed by atoms with E-state index in [0.29, 0.717) is 0 Å². The van der Waals surface area contributed by atoms with E-state index in [4.69, 9.17) is 5.73 Å². The third kappa shape index (κ3) is 3.21. The number of nitrogens with one attached hydrogen (secondary N) is 1. The van der Waals surface area contributed by atoms with Crippen molar-refractivity contribution in [2.24, 2.45) is 5.73 Å². The fourth-order valence-electron chi connectivity index (χ4n) is 1.97. The van der Waals surface area contributed by atoms with Crippen LogP contribution in [-0.2, 0) is 6.42 Å². The molecule has 0 aliphatic heterocycles. The smallest absolute Gasteiger partial charge is 0.106 e. The monoisotopic (exact) mass is 307 g/mol. The summed E-state index contributed by atoms with van der Waals surface area (Å²) in [6.45, 7) is 2.82. The number of nitrogens with zero attached hydrogens (tertiary/aromatic N) is 1. The van der Waals surface area contributed by atoms with E-state index in [1.54, 1.807) is 0 Å². The van der Waals surface area contributed by atoms with E-state index in [0.717, 1.165) is 53.1 Å². The summed E-state index contributed by atoms with van der Waals surface area (Å²) in [6.07, 6.45) is 3.10. The number of imidazole rings is 1. The van der Waals surface area contributed by atoms with Gasteiger partial charge in [0.2, 0.25) is 0 Å². The molecule has 1 heterocycles. The molecule has 0 unspecified atom stereocenters. The number of aromatic amines is 1. The summed E-state index contributed by atoms with van der Waals surface area (Å²) in [6, 6.07) is 8.24. The Morgan fingerprint density at radius 2 is 1.94 bits per heavy atom. The normalized spacial score (nSPS) is 10.8. The molecule has 0 amide bonds. The second kappa shape index (κ2) is 6.16. The van der Waals surface area contributed by atoms with Gasteiger partial charge in [0.15, 0.2) is 0 Å². The van der Waals surface area contributed by atoms with E-state index in [1.165, 1.54) is 0 Å². The van der Waals surface area contributed by atoms with Gasteiger partial charge in [0.05, 0.1) is 5.69 Å². The molecule has 3 nitrogen and oxygen atoms in total. The second-order valence-corrected chi connectivity index (χ2v) is 5.33. The molecule has 0 aliphatic carbocycles. The minimum atomic E-state index is 0.749. The van der Waals surface area contributed by atoms with Crippen LogP contribution in [0.3, 0.4) is 0 Å². The number of aryl methyl sites for hydroxylation is 2. The fraction of sp³-hybridized carbons (Fsp3) is 0.357. The molecule has 0 atom stereocenters. The Morgan fingerprint density at radius 3 is 2.61 bits per heavy atom. The molecule has 0 radical (unpaired) electrons. The number of halogens is 1. The van der Waals surface area contributed by atoms with Crippen molar-refractivity contribution < 1.29 is 0 Å². The minimum Gasteiger partial charge on any atom is -0.346 e.